The smallest absolute Gasteiger partial charge is 0.123 e. The largest absolute Gasteiger partial charge is 0.323 e. The number of hydrogen-bond acceptors (Lipinski definition) is 3. The van der Waals surface area contributed by atoms with E-state index in [1.165, 1.54) is 0 Å². The SMILES string of the molecule is Cc1cc(F)cc(C(N)C2CN3CCN2CC3)c1. The third-order valence-corrected chi connectivity index (χ3v) is 4.19. The van der Waals surface area contributed by atoms with E-state index in [2.05, 4.69) is 9.80 Å². The molecule has 2 unspecified atom stereocenters. The first-order valence-corrected chi connectivity index (χ1v) is 6.62. The van der Waals surface area contributed by atoms with Crippen LogP contribution in [0.4, 0.5) is 4.39 Å². The van der Waals surface area contributed by atoms with Gasteiger partial charge in [-0.2, -0.15) is 0 Å². The Hall–Kier alpha value is -0.970. The number of rotatable bonds is 2. The zero-order valence-corrected chi connectivity index (χ0v) is 10.8. The predicted octanol–water partition coefficient (Wildman–Crippen LogP) is 1.13. The number of nitrogens with zero attached hydrogens (tertiary/aromatic N) is 2. The maximum absolute atomic E-state index is 13.5. The quantitative estimate of drug-likeness (QED) is 0.853. The number of halogens is 1. The first-order valence-electron chi connectivity index (χ1n) is 6.62. The van der Waals surface area contributed by atoms with Gasteiger partial charge in [-0.15, -0.1) is 0 Å². The van der Waals surface area contributed by atoms with Crippen molar-refractivity contribution in [1.29, 1.82) is 0 Å². The Morgan fingerprint density at radius 2 is 1.94 bits per heavy atom. The summed E-state index contributed by atoms with van der Waals surface area (Å²) < 4.78 is 13.5. The molecular weight excluding hydrogens is 229 g/mol. The number of benzene rings is 1. The van der Waals surface area contributed by atoms with Crippen molar-refractivity contribution in [2.75, 3.05) is 32.7 Å². The average Bonchev–Trinajstić information content (AvgIpc) is 2.38. The van der Waals surface area contributed by atoms with E-state index in [9.17, 15) is 4.39 Å². The van der Waals surface area contributed by atoms with Crippen molar-refractivity contribution in [2.24, 2.45) is 5.73 Å². The number of piperazine rings is 3. The van der Waals surface area contributed by atoms with E-state index in [-0.39, 0.29) is 11.9 Å². The van der Waals surface area contributed by atoms with Gasteiger partial charge in [-0.05, 0) is 30.2 Å². The van der Waals surface area contributed by atoms with Gasteiger partial charge in [0.1, 0.15) is 5.82 Å². The highest BCUT2D eigenvalue weighted by Gasteiger charge is 2.35. The third-order valence-electron chi connectivity index (χ3n) is 4.19. The van der Waals surface area contributed by atoms with Gasteiger partial charge in [0, 0.05) is 44.8 Å². The van der Waals surface area contributed by atoms with Gasteiger partial charge in [0.05, 0.1) is 0 Å². The summed E-state index contributed by atoms with van der Waals surface area (Å²) in [5.41, 5.74) is 8.22. The Labute approximate surface area is 107 Å². The highest BCUT2D eigenvalue weighted by atomic mass is 19.1. The lowest BCUT2D eigenvalue weighted by Crippen LogP contribution is -2.63. The molecule has 3 saturated heterocycles. The van der Waals surface area contributed by atoms with E-state index in [0.29, 0.717) is 6.04 Å². The van der Waals surface area contributed by atoms with E-state index in [0.717, 1.165) is 43.9 Å². The third kappa shape index (κ3) is 2.16. The molecule has 2 bridgehead atoms. The van der Waals surface area contributed by atoms with Gasteiger partial charge in [-0.25, -0.2) is 4.39 Å². The monoisotopic (exact) mass is 249 g/mol. The lowest BCUT2D eigenvalue weighted by Gasteiger charge is -2.49. The molecule has 3 heterocycles. The molecule has 0 aromatic heterocycles. The number of hydrogen-bond donors (Lipinski definition) is 1. The topological polar surface area (TPSA) is 32.5 Å². The van der Waals surface area contributed by atoms with Gasteiger partial charge in [0.25, 0.3) is 0 Å². The molecule has 98 valence electrons. The van der Waals surface area contributed by atoms with Crippen LogP contribution < -0.4 is 5.73 Å². The average molecular weight is 249 g/mol. The zero-order valence-electron chi connectivity index (χ0n) is 10.8. The van der Waals surface area contributed by atoms with Gasteiger partial charge in [0.15, 0.2) is 0 Å². The summed E-state index contributed by atoms with van der Waals surface area (Å²) in [6.45, 7) is 7.39. The summed E-state index contributed by atoms with van der Waals surface area (Å²) in [7, 11) is 0. The maximum atomic E-state index is 13.5. The molecule has 0 aliphatic carbocycles. The molecule has 0 radical (unpaired) electrons. The van der Waals surface area contributed by atoms with Gasteiger partial charge in [-0.1, -0.05) is 6.07 Å². The van der Waals surface area contributed by atoms with Crippen molar-refractivity contribution in [1.82, 2.24) is 9.80 Å². The van der Waals surface area contributed by atoms with Crippen molar-refractivity contribution in [3.63, 3.8) is 0 Å². The van der Waals surface area contributed by atoms with Crippen LogP contribution >= 0.6 is 0 Å². The van der Waals surface area contributed by atoms with Gasteiger partial charge in [0.2, 0.25) is 0 Å². The van der Waals surface area contributed by atoms with Crippen LogP contribution in [-0.2, 0) is 0 Å². The Morgan fingerprint density at radius 1 is 1.22 bits per heavy atom. The second-order valence-electron chi connectivity index (χ2n) is 5.49. The molecule has 4 heteroatoms. The van der Waals surface area contributed by atoms with Crippen molar-refractivity contribution < 1.29 is 4.39 Å². The van der Waals surface area contributed by atoms with E-state index >= 15 is 0 Å². The van der Waals surface area contributed by atoms with Crippen LogP contribution in [0.5, 0.6) is 0 Å². The van der Waals surface area contributed by atoms with Crippen LogP contribution in [0.1, 0.15) is 17.2 Å². The fourth-order valence-corrected chi connectivity index (χ4v) is 3.18. The van der Waals surface area contributed by atoms with E-state index < -0.39 is 0 Å². The molecule has 1 aromatic carbocycles. The Bertz CT molecular complexity index is 420. The van der Waals surface area contributed by atoms with E-state index in [1.807, 2.05) is 13.0 Å². The second kappa shape index (κ2) is 4.61. The summed E-state index contributed by atoms with van der Waals surface area (Å²) >= 11 is 0. The number of nitrogens with two attached hydrogens (primary N) is 1. The molecule has 3 fully saturated rings. The molecule has 3 nitrogen and oxygen atoms in total. The first-order chi connectivity index (χ1) is 8.63. The second-order valence-corrected chi connectivity index (χ2v) is 5.49. The fraction of sp³-hybridized carbons (Fsp3) is 0.571. The lowest BCUT2D eigenvalue weighted by atomic mass is 9.94. The molecule has 2 atom stereocenters. The normalized spacial score (nSPS) is 32.5. The summed E-state index contributed by atoms with van der Waals surface area (Å²) in [6, 6.07) is 5.37. The number of fused-ring (bicyclic) bond motifs is 3. The van der Waals surface area contributed by atoms with Crippen molar-refractivity contribution >= 4 is 0 Å². The molecule has 0 amide bonds. The van der Waals surface area contributed by atoms with Crippen LogP contribution in [0.2, 0.25) is 0 Å². The minimum atomic E-state index is -0.184. The van der Waals surface area contributed by atoms with Crippen LogP contribution in [0.15, 0.2) is 18.2 Å². The zero-order chi connectivity index (χ0) is 12.7. The molecule has 0 saturated carbocycles. The van der Waals surface area contributed by atoms with E-state index in [4.69, 9.17) is 5.73 Å². The van der Waals surface area contributed by atoms with Gasteiger partial charge < -0.3 is 5.73 Å². The predicted molar refractivity (Wildman–Crippen MR) is 69.9 cm³/mol. The van der Waals surface area contributed by atoms with Crippen LogP contribution in [-0.4, -0.2) is 48.6 Å². The fourth-order valence-electron chi connectivity index (χ4n) is 3.18. The Balaban J connectivity index is 1.83. The molecule has 0 spiro atoms. The van der Waals surface area contributed by atoms with Gasteiger partial charge >= 0.3 is 0 Å². The molecule has 18 heavy (non-hydrogen) atoms. The van der Waals surface area contributed by atoms with E-state index in [1.54, 1.807) is 12.1 Å². The Kier molecular flexibility index (Phi) is 3.09. The summed E-state index contributed by atoms with van der Waals surface area (Å²) in [4.78, 5) is 4.90. The number of aryl methyl sites for hydroxylation is 1. The minimum absolute atomic E-state index is 0.0949. The molecule has 1 aromatic rings. The molecule has 4 rings (SSSR count). The van der Waals surface area contributed by atoms with Crippen molar-refractivity contribution in [3.8, 4) is 0 Å². The van der Waals surface area contributed by atoms with Crippen LogP contribution in [0, 0.1) is 12.7 Å². The summed E-state index contributed by atoms with van der Waals surface area (Å²) in [5, 5.41) is 0. The Morgan fingerprint density at radius 3 is 2.50 bits per heavy atom. The minimum Gasteiger partial charge on any atom is -0.323 e. The molecular formula is C14H20FN3. The summed E-state index contributed by atoms with van der Waals surface area (Å²) in [5.74, 6) is -0.184. The maximum Gasteiger partial charge on any atom is 0.123 e. The first kappa shape index (κ1) is 12.1. The standard InChI is InChI=1S/C14H20FN3/c1-10-6-11(8-12(15)7-10)14(16)13-9-17-2-4-18(13)5-3-17/h6-8,13-14H,2-5,9,16H2,1H3. The van der Waals surface area contributed by atoms with Gasteiger partial charge in [-0.3, -0.25) is 9.80 Å². The van der Waals surface area contributed by atoms with Crippen LogP contribution in [0.3, 0.4) is 0 Å². The van der Waals surface area contributed by atoms with Crippen molar-refractivity contribution in [3.05, 3.63) is 35.1 Å². The highest BCUT2D eigenvalue weighted by Crippen LogP contribution is 2.26. The summed E-state index contributed by atoms with van der Waals surface area (Å²) in [6.07, 6.45) is 0. The highest BCUT2D eigenvalue weighted by molar-refractivity contribution is 5.27. The van der Waals surface area contributed by atoms with Crippen molar-refractivity contribution in [2.45, 2.75) is 19.0 Å². The molecule has 3 aliphatic heterocycles. The van der Waals surface area contributed by atoms with Crippen LogP contribution in [0.25, 0.3) is 0 Å². The molecule has 3 aliphatic rings. The lowest BCUT2D eigenvalue weighted by molar-refractivity contribution is 0.00211. The molecule has 2 N–H and O–H groups in total.